The molecule has 46 heavy (non-hydrogen) atoms. The monoisotopic (exact) mass is 586 g/mol. The largest absolute Gasteiger partial charge is 0.0622 e. The lowest BCUT2D eigenvalue weighted by Gasteiger charge is -2.31. The smallest absolute Gasteiger partial charge is 0.0212 e. The number of allylic oxidation sites excluding steroid dienone is 8. The number of rotatable bonds is 2. The normalized spacial score (nSPS) is 18.8. The minimum atomic E-state index is 0.110. The van der Waals surface area contributed by atoms with Gasteiger partial charge in [-0.3, -0.25) is 0 Å². The average Bonchev–Trinajstić information content (AvgIpc) is 3.58. The van der Waals surface area contributed by atoms with Crippen LogP contribution in [-0.2, 0) is 5.41 Å². The summed E-state index contributed by atoms with van der Waals surface area (Å²) < 4.78 is 0. The molecule has 0 fully saturated rings. The van der Waals surface area contributed by atoms with Crippen LogP contribution in [0.1, 0.15) is 48.6 Å². The molecular weight excluding hydrogens is 553 g/mol. The van der Waals surface area contributed by atoms with Crippen LogP contribution in [0.25, 0.3) is 66.1 Å². The van der Waals surface area contributed by atoms with E-state index in [0.717, 1.165) is 0 Å². The van der Waals surface area contributed by atoms with Crippen molar-refractivity contribution < 1.29 is 0 Å². The first kappa shape index (κ1) is 26.1. The molecule has 0 nitrogen and oxygen atoms in total. The van der Waals surface area contributed by atoms with Crippen molar-refractivity contribution in [3.8, 4) is 22.3 Å². The van der Waals surface area contributed by atoms with Crippen LogP contribution in [0, 0.1) is 11.8 Å². The van der Waals surface area contributed by atoms with Crippen molar-refractivity contribution >= 4 is 43.8 Å². The fourth-order valence-corrected chi connectivity index (χ4v) is 8.88. The van der Waals surface area contributed by atoms with Gasteiger partial charge in [0.15, 0.2) is 0 Å². The fourth-order valence-electron chi connectivity index (χ4n) is 8.88. The molecule has 0 heterocycles. The Kier molecular flexibility index (Phi) is 5.20. The molecule has 4 aliphatic rings. The van der Waals surface area contributed by atoms with Crippen molar-refractivity contribution in [3.63, 3.8) is 0 Å². The lowest BCUT2D eigenvalue weighted by atomic mass is 9.72. The topological polar surface area (TPSA) is 0 Å². The van der Waals surface area contributed by atoms with E-state index in [9.17, 15) is 0 Å². The molecule has 2 unspecified atom stereocenters. The molecule has 0 saturated carbocycles. The molecule has 0 amide bonds. The highest BCUT2D eigenvalue weighted by molar-refractivity contribution is 6.22. The molecule has 0 N–H and O–H groups in total. The van der Waals surface area contributed by atoms with Crippen molar-refractivity contribution in [3.05, 3.63) is 167 Å². The van der Waals surface area contributed by atoms with Crippen molar-refractivity contribution in [2.75, 3.05) is 0 Å². The van der Waals surface area contributed by atoms with Crippen molar-refractivity contribution in [1.29, 1.82) is 0 Å². The fraction of sp³-hybridized carbons (Fsp3) is 0.130. The van der Waals surface area contributed by atoms with Crippen molar-refractivity contribution in [1.82, 2.24) is 0 Å². The maximum atomic E-state index is 2.48. The van der Waals surface area contributed by atoms with Crippen LogP contribution in [0.4, 0.5) is 0 Å². The Bertz CT molecular complexity index is 2420. The quantitative estimate of drug-likeness (QED) is 0.177. The van der Waals surface area contributed by atoms with Crippen LogP contribution in [0.5, 0.6) is 0 Å². The number of benzene rings is 6. The first-order chi connectivity index (χ1) is 22.5. The molecule has 0 aliphatic heterocycles. The van der Waals surface area contributed by atoms with Gasteiger partial charge in [0.25, 0.3) is 0 Å². The second-order valence-electron chi connectivity index (χ2n) is 14.4. The zero-order valence-electron chi connectivity index (χ0n) is 26.4. The summed E-state index contributed by atoms with van der Waals surface area (Å²) in [6.07, 6.45) is 9.86. The molecule has 0 aromatic heterocycles. The Morgan fingerprint density at radius 2 is 0.870 bits per heavy atom. The molecule has 4 aliphatic carbocycles. The summed E-state index contributed by atoms with van der Waals surface area (Å²) in [7, 11) is 0. The molecule has 10 rings (SSSR count). The highest BCUT2D eigenvalue weighted by Crippen LogP contribution is 2.66. The molecule has 0 radical (unpaired) electrons. The van der Waals surface area contributed by atoms with Gasteiger partial charge < -0.3 is 0 Å². The highest BCUT2D eigenvalue weighted by Gasteiger charge is 2.49. The van der Waals surface area contributed by atoms with Gasteiger partial charge in [-0.1, -0.05) is 148 Å². The van der Waals surface area contributed by atoms with E-state index in [2.05, 4.69) is 160 Å². The van der Waals surface area contributed by atoms with Crippen LogP contribution in [0.2, 0.25) is 0 Å². The third-order valence-corrected chi connectivity index (χ3v) is 10.9. The standard InChI is InChI=1S/C46H34/c1-46(2,3)31-18-19-32-33-20-22-35-43-36(23-21-34(42(33)43)37(32)26-31)45-41(28-14-8-5-9-15-28)39-25-30-17-11-10-16-29(30)24-38(39)40(44(35)45)27-12-6-4-7-13-27/h4-26,42-43H,1-3H3. The van der Waals surface area contributed by atoms with Gasteiger partial charge in [0.2, 0.25) is 0 Å². The lowest BCUT2D eigenvalue weighted by molar-refractivity contribution is 0.590. The second-order valence-corrected chi connectivity index (χ2v) is 14.4. The van der Waals surface area contributed by atoms with Gasteiger partial charge in [-0.2, -0.15) is 0 Å². The number of fused-ring (bicyclic) bond motifs is 8. The first-order valence-electron chi connectivity index (χ1n) is 16.6. The van der Waals surface area contributed by atoms with E-state index in [1.807, 2.05) is 0 Å². The predicted molar refractivity (Wildman–Crippen MR) is 196 cm³/mol. The highest BCUT2D eigenvalue weighted by atomic mass is 14.5. The molecule has 0 spiro atoms. The van der Waals surface area contributed by atoms with E-state index in [-0.39, 0.29) is 5.41 Å². The van der Waals surface area contributed by atoms with Crippen LogP contribution in [0.3, 0.4) is 0 Å². The Labute approximate surface area is 270 Å². The molecular formula is C46H34. The third-order valence-electron chi connectivity index (χ3n) is 10.9. The van der Waals surface area contributed by atoms with Crippen molar-refractivity contribution in [2.24, 2.45) is 11.8 Å². The summed E-state index contributed by atoms with van der Waals surface area (Å²) in [4.78, 5) is 0. The maximum Gasteiger partial charge on any atom is 0.0212 e. The van der Waals surface area contributed by atoms with E-state index in [1.165, 1.54) is 93.9 Å². The lowest BCUT2D eigenvalue weighted by Crippen LogP contribution is -2.17. The van der Waals surface area contributed by atoms with E-state index in [4.69, 9.17) is 0 Å². The SMILES string of the molecule is CC(C)(C)c1ccc2c(c1)C1=CC=C3c4c(c(-c5ccccc5)c5cc6ccccc6cc5c4-c4ccccc4)C4=CC=C2C1C43. The minimum Gasteiger partial charge on any atom is -0.0622 e. The molecule has 0 heteroatoms. The Hall–Kier alpha value is -5.20. The van der Waals surface area contributed by atoms with Crippen molar-refractivity contribution in [2.45, 2.75) is 26.2 Å². The zero-order chi connectivity index (χ0) is 30.7. The van der Waals surface area contributed by atoms with E-state index >= 15 is 0 Å². The van der Waals surface area contributed by atoms with Gasteiger partial charge in [-0.05, 0) is 111 Å². The Morgan fingerprint density at radius 3 is 1.39 bits per heavy atom. The molecule has 0 bridgehead atoms. The number of hydrogen-bond acceptors (Lipinski definition) is 0. The van der Waals surface area contributed by atoms with Crippen LogP contribution in [0.15, 0.2) is 140 Å². The van der Waals surface area contributed by atoms with Gasteiger partial charge in [-0.15, -0.1) is 0 Å². The minimum absolute atomic E-state index is 0.110. The van der Waals surface area contributed by atoms with E-state index in [0.29, 0.717) is 11.8 Å². The van der Waals surface area contributed by atoms with Crippen LogP contribution < -0.4 is 0 Å². The first-order valence-corrected chi connectivity index (χ1v) is 16.6. The summed E-state index contributed by atoms with van der Waals surface area (Å²) in [5.41, 5.74) is 18.4. The molecule has 218 valence electrons. The summed E-state index contributed by atoms with van der Waals surface area (Å²) in [6.45, 7) is 6.96. The molecule has 2 atom stereocenters. The third kappa shape index (κ3) is 3.45. The Balaban J connectivity index is 1.35. The van der Waals surface area contributed by atoms with Crippen LogP contribution in [-0.4, -0.2) is 0 Å². The Morgan fingerprint density at radius 1 is 0.413 bits per heavy atom. The predicted octanol–water partition coefficient (Wildman–Crippen LogP) is 12.1. The maximum absolute atomic E-state index is 2.48. The van der Waals surface area contributed by atoms with Crippen LogP contribution >= 0.6 is 0 Å². The summed E-state index contributed by atoms with van der Waals surface area (Å²) in [6, 6.07) is 43.2. The molecule has 0 saturated heterocycles. The zero-order valence-corrected chi connectivity index (χ0v) is 26.4. The summed E-state index contributed by atoms with van der Waals surface area (Å²) in [5, 5.41) is 5.22. The van der Waals surface area contributed by atoms with Gasteiger partial charge in [0, 0.05) is 11.8 Å². The van der Waals surface area contributed by atoms with E-state index < -0.39 is 0 Å². The second kappa shape index (κ2) is 9.18. The van der Waals surface area contributed by atoms with Gasteiger partial charge >= 0.3 is 0 Å². The van der Waals surface area contributed by atoms with Gasteiger partial charge in [0.1, 0.15) is 0 Å². The number of hydrogen-bond donors (Lipinski definition) is 0. The van der Waals surface area contributed by atoms with E-state index in [1.54, 1.807) is 0 Å². The van der Waals surface area contributed by atoms with Gasteiger partial charge in [0.05, 0.1) is 0 Å². The van der Waals surface area contributed by atoms with Gasteiger partial charge in [-0.25, -0.2) is 0 Å². The summed E-state index contributed by atoms with van der Waals surface area (Å²) in [5.74, 6) is 0.642. The summed E-state index contributed by atoms with van der Waals surface area (Å²) >= 11 is 0. The molecule has 6 aromatic rings. The molecule has 6 aromatic carbocycles. The average molecular weight is 587 g/mol.